The van der Waals surface area contributed by atoms with E-state index in [1.54, 1.807) is 18.2 Å². The third kappa shape index (κ3) is 3.21. The highest BCUT2D eigenvalue weighted by molar-refractivity contribution is 9.11. The molecule has 0 fully saturated rings. The predicted octanol–water partition coefficient (Wildman–Crippen LogP) is 4.88. The molecule has 2 nitrogen and oxygen atoms in total. The first-order chi connectivity index (χ1) is 9.38. The van der Waals surface area contributed by atoms with Crippen LogP contribution in [0.4, 0.5) is 18.9 Å². The molecule has 0 saturated carbocycles. The van der Waals surface area contributed by atoms with Gasteiger partial charge in [-0.1, -0.05) is 15.9 Å². The normalized spacial score (nSPS) is 10.4. The summed E-state index contributed by atoms with van der Waals surface area (Å²) < 4.78 is 40.3. The maximum atomic E-state index is 13.1. The van der Waals surface area contributed by atoms with Crippen LogP contribution in [0.15, 0.2) is 39.3 Å². The number of anilines is 1. The van der Waals surface area contributed by atoms with Crippen molar-refractivity contribution in [3.63, 3.8) is 0 Å². The van der Waals surface area contributed by atoms with Crippen LogP contribution in [0.2, 0.25) is 0 Å². The van der Waals surface area contributed by atoms with Gasteiger partial charge in [0.15, 0.2) is 17.5 Å². The Kier molecular flexibility index (Phi) is 4.49. The van der Waals surface area contributed by atoms with Crippen LogP contribution >= 0.6 is 31.9 Å². The van der Waals surface area contributed by atoms with E-state index in [2.05, 4.69) is 37.2 Å². The van der Waals surface area contributed by atoms with Gasteiger partial charge >= 0.3 is 0 Å². The van der Waals surface area contributed by atoms with Gasteiger partial charge in [-0.05, 0) is 46.3 Å². The average Bonchev–Trinajstić information content (AvgIpc) is 2.38. The van der Waals surface area contributed by atoms with Gasteiger partial charge in [-0.25, -0.2) is 13.2 Å². The van der Waals surface area contributed by atoms with Crippen molar-refractivity contribution in [3.05, 3.63) is 62.3 Å². The molecule has 0 atom stereocenters. The summed E-state index contributed by atoms with van der Waals surface area (Å²) in [4.78, 5) is 11.9. The van der Waals surface area contributed by atoms with E-state index in [1.165, 1.54) is 0 Å². The number of carbonyl (C=O) groups excluding carboxylic acids is 1. The summed E-state index contributed by atoms with van der Waals surface area (Å²) in [7, 11) is 0. The zero-order valence-corrected chi connectivity index (χ0v) is 12.9. The zero-order chi connectivity index (χ0) is 14.9. The number of halogens is 5. The molecule has 1 N–H and O–H groups in total. The van der Waals surface area contributed by atoms with Crippen molar-refractivity contribution in [3.8, 4) is 0 Å². The van der Waals surface area contributed by atoms with Crippen molar-refractivity contribution < 1.29 is 18.0 Å². The Balaban J connectivity index is 2.28. The molecule has 2 aromatic rings. The summed E-state index contributed by atoms with van der Waals surface area (Å²) >= 11 is 6.49. The van der Waals surface area contributed by atoms with Crippen molar-refractivity contribution in [2.75, 3.05) is 5.32 Å². The van der Waals surface area contributed by atoms with Gasteiger partial charge in [-0.15, -0.1) is 0 Å². The molecule has 2 aromatic carbocycles. The largest absolute Gasteiger partial charge is 0.321 e. The van der Waals surface area contributed by atoms with Crippen LogP contribution < -0.4 is 5.32 Å². The topological polar surface area (TPSA) is 29.1 Å². The van der Waals surface area contributed by atoms with Crippen molar-refractivity contribution >= 4 is 43.5 Å². The predicted molar refractivity (Wildman–Crippen MR) is 76.1 cm³/mol. The summed E-state index contributed by atoms with van der Waals surface area (Å²) in [5.41, 5.74) is 0.111. The lowest BCUT2D eigenvalue weighted by Crippen LogP contribution is -2.13. The molecule has 0 saturated heterocycles. The molecule has 0 aromatic heterocycles. The zero-order valence-electron chi connectivity index (χ0n) is 9.68. The number of nitrogens with one attached hydrogen (secondary N) is 1. The monoisotopic (exact) mass is 407 g/mol. The highest BCUT2D eigenvalue weighted by Gasteiger charge is 2.15. The van der Waals surface area contributed by atoms with E-state index in [0.717, 1.165) is 4.47 Å². The van der Waals surface area contributed by atoms with Gasteiger partial charge in [-0.3, -0.25) is 4.79 Å². The van der Waals surface area contributed by atoms with Gasteiger partial charge in [-0.2, -0.15) is 0 Å². The first-order valence-electron chi connectivity index (χ1n) is 5.29. The van der Waals surface area contributed by atoms with Crippen LogP contribution in [-0.4, -0.2) is 5.91 Å². The summed E-state index contributed by atoms with van der Waals surface area (Å²) in [5, 5.41) is 2.47. The molecular formula is C13H6Br2F3NO. The van der Waals surface area contributed by atoms with Crippen LogP contribution in [0, 0.1) is 17.5 Å². The second-order valence-electron chi connectivity index (χ2n) is 3.83. The summed E-state index contributed by atoms with van der Waals surface area (Å²) in [6.07, 6.45) is 0. The lowest BCUT2D eigenvalue weighted by molar-refractivity contribution is 0.102. The second-order valence-corrected chi connectivity index (χ2v) is 5.60. The summed E-state index contributed by atoms with van der Waals surface area (Å²) in [6, 6.07) is 6.26. The van der Waals surface area contributed by atoms with Crippen LogP contribution in [0.1, 0.15) is 10.4 Å². The molecule has 20 heavy (non-hydrogen) atoms. The lowest BCUT2D eigenvalue weighted by atomic mass is 10.2. The molecule has 0 unspecified atom stereocenters. The van der Waals surface area contributed by atoms with Gasteiger partial charge in [0.05, 0.1) is 5.69 Å². The molecule has 0 heterocycles. The number of amides is 1. The van der Waals surface area contributed by atoms with Crippen LogP contribution in [0.3, 0.4) is 0 Å². The first kappa shape index (κ1) is 15.1. The number of hydrogen-bond donors (Lipinski definition) is 1. The van der Waals surface area contributed by atoms with E-state index in [9.17, 15) is 18.0 Å². The van der Waals surface area contributed by atoms with Gasteiger partial charge in [0.25, 0.3) is 5.91 Å². The van der Waals surface area contributed by atoms with E-state index in [1.807, 2.05) is 0 Å². The SMILES string of the molecule is O=C(Nc1ccc(Br)cc1Br)c1cc(F)c(F)c(F)c1. The molecule has 0 spiro atoms. The Morgan fingerprint density at radius 1 is 1.00 bits per heavy atom. The maximum Gasteiger partial charge on any atom is 0.255 e. The van der Waals surface area contributed by atoms with Crippen molar-refractivity contribution in [2.24, 2.45) is 0 Å². The van der Waals surface area contributed by atoms with Gasteiger partial charge < -0.3 is 5.32 Å². The van der Waals surface area contributed by atoms with E-state index in [-0.39, 0.29) is 5.56 Å². The van der Waals surface area contributed by atoms with Crippen LogP contribution in [0.5, 0.6) is 0 Å². The lowest BCUT2D eigenvalue weighted by Gasteiger charge is -2.08. The Hall–Kier alpha value is -1.34. The van der Waals surface area contributed by atoms with E-state index >= 15 is 0 Å². The number of carbonyl (C=O) groups is 1. The molecule has 1 amide bonds. The molecular weight excluding hydrogens is 403 g/mol. The van der Waals surface area contributed by atoms with Crippen molar-refractivity contribution in [2.45, 2.75) is 0 Å². The number of rotatable bonds is 2. The molecule has 0 aliphatic heterocycles. The third-order valence-corrected chi connectivity index (χ3v) is 3.57. The highest BCUT2D eigenvalue weighted by atomic mass is 79.9. The van der Waals surface area contributed by atoms with E-state index < -0.39 is 23.4 Å². The molecule has 0 aliphatic carbocycles. The molecule has 7 heteroatoms. The minimum Gasteiger partial charge on any atom is -0.321 e. The number of hydrogen-bond acceptors (Lipinski definition) is 1. The fourth-order valence-electron chi connectivity index (χ4n) is 1.47. The van der Waals surface area contributed by atoms with Crippen LogP contribution in [-0.2, 0) is 0 Å². The molecule has 104 valence electrons. The van der Waals surface area contributed by atoms with Crippen molar-refractivity contribution in [1.82, 2.24) is 0 Å². The van der Waals surface area contributed by atoms with E-state index in [4.69, 9.17) is 0 Å². The fraction of sp³-hybridized carbons (Fsp3) is 0. The Labute approximate surface area is 129 Å². The van der Waals surface area contributed by atoms with Crippen LogP contribution in [0.25, 0.3) is 0 Å². The summed E-state index contributed by atoms with van der Waals surface area (Å²) in [6.45, 7) is 0. The minimum atomic E-state index is -1.61. The minimum absolute atomic E-state index is 0.309. The van der Waals surface area contributed by atoms with Gasteiger partial charge in [0.2, 0.25) is 0 Å². The van der Waals surface area contributed by atoms with Gasteiger partial charge in [0, 0.05) is 14.5 Å². The Morgan fingerprint density at radius 2 is 1.60 bits per heavy atom. The standard InChI is InChI=1S/C13H6Br2F3NO/c14-7-1-2-11(8(15)5-7)19-13(20)6-3-9(16)12(18)10(17)4-6/h1-5H,(H,19,20). The van der Waals surface area contributed by atoms with E-state index in [0.29, 0.717) is 22.3 Å². The smallest absolute Gasteiger partial charge is 0.255 e. The quantitative estimate of drug-likeness (QED) is 0.705. The molecule has 0 bridgehead atoms. The summed E-state index contributed by atoms with van der Waals surface area (Å²) in [5.74, 6) is -5.17. The second kappa shape index (κ2) is 5.97. The van der Waals surface area contributed by atoms with Crippen molar-refractivity contribution in [1.29, 1.82) is 0 Å². The molecule has 0 aliphatic rings. The molecule has 0 radical (unpaired) electrons. The number of benzene rings is 2. The first-order valence-corrected chi connectivity index (χ1v) is 6.88. The third-order valence-electron chi connectivity index (χ3n) is 2.43. The average molecular weight is 409 g/mol. The molecule has 2 rings (SSSR count). The Morgan fingerprint density at radius 3 is 2.15 bits per heavy atom. The highest BCUT2D eigenvalue weighted by Crippen LogP contribution is 2.26. The maximum absolute atomic E-state index is 13.1. The fourth-order valence-corrected chi connectivity index (χ4v) is 2.62. The Bertz CT molecular complexity index is 668. The van der Waals surface area contributed by atoms with Gasteiger partial charge in [0.1, 0.15) is 0 Å².